The van der Waals surface area contributed by atoms with Gasteiger partial charge in [-0.1, -0.05) is 36.4 Å². The number of amides is 3. The number of alkyl carbamates (subject to hydrolysis) is 1. The third-order valence-corrected chi connectivity index (χ3v) is 3.66. The standard InChI is InChI=1S/C21H26N4O4/c1-21(2,3)29-20(28)23-17(14-18(22)26)19(27)24-25(15-10-6-4-7-11-15)16-12-8-5-9-13-16/h4-13,17H,14H2,1-3H3,(H2,22,26)(H,23,28)(H,24,27)/t17-/m0/s1. The number of carbonyl (C=O) groups is 3. The van der Waals surface area contributed by atoms with Crippen molar-refractivity contribution < 1.29 is 19.1 Å². The molecule has 0 aliphatic heterocycles. The minimum atomic E-state index is -1.20. The highest BCUT2D eigenvalue weighted by Crippen LogP contribution is 2.22. The zero-order valence-corrected chi connectivity index (χ0v) is 16.7. The monoisotopic (exact) mass is 398 g/mol. The average molecular weight is 398 g/mol. The Bertz CT molecular complexity index is 795. The maximum absolute atomic E-state index is 12.9. The highest BCUT2D eigenvalue weighted by molar-refractivity contribution is 5.92. The fraction of sp³-hybridized carbons (Fsp3) is 0.286. The first-order valence-corrected chi connectivity index (χ1v) is 9.14. The lowest BCUT2D eigenvalue weighted by molar-refractivity contribution is -0.127. The summed E-state index contributed by atoms with van der Waals surface area (Å²) < 4.78 is 5.18. The zero-order valence-electron chi connectivity index (χ0n) is 16.7. The molecule has 8 nitrogen and oxygen atoms in total. The van der Waals surface area contributed by atoms with Crippen LogP contribution in [0.3, 0.4) is 0 Å². The number of nitrogens with zero attached hydrogens (tertiary/aromatic N) is 1. The third kappa shape index (κ3) is 7.17. The number of benzene rings is 2. The van der Waals surface area contributed by atoms with Gasteiger partial charge in [0, 0.05) is 0 Å². The van der Waals surface area contributed by atoms with Crippen LogP contribution in [0.4, 0.5) is 16.2 Å². The minimum absolute atomic E-state index is 0.373. The second kappa shape index (κ2) is 9.59. The quantitative estimate of drug-likeness (QED) is 0.621. The van der Waals surface area contributed by atoms with Gasteiger partial charge < -0.3 is 15.8 Å². The Kier molecular flexibility index (Phi) is 7.19. The van der Waals surface area contributed by atoms with Gasteiger partial charge in [-0.25, -0.2) is 4.79 Å². The Balaban J connectivity index is 2.23. The fourth-order valence-electron chi connectivity index (χ4n) is 2.48. The van der Waals surface area contributed by atoms with E-state index in [1.165, 1.54) is 0 Å². The van der Waals surface area contributed by atoms with Crippen LogP contribution in [-0.4, -0.2) is 29.6 Å². The lowest BCUT2D eigenvalue weighted by Crippen LogP contribution is -2.53. The third-order valence-electron chi connectivity index (χ3n) is 3.66. The topological polar surface area (TPSA) is 114 Å². The molecular formula is C21H26N4O4. The number of primary amides is 1. The number of nitrogens with two attached hydrogens (primary N) is 1. The number of anilines is 2. The first-order chi connectivity index (χ1) is 13.7. The molecule has 0 spiro atoms. The van der Waals surface area contributed by atoms with Gasteiger partial charge in [-0.15, -0.1) is 0 Å². The molecule has 0 radical (unpaired) electrons. The van der Waals surface area contributed by atoms with Gasteiger partial charge in [0.1, 0.15) is 11.6 Å². The van der Waals surface area contributed by atoms with E-state index in [-0.39, 0.29) is 6.42 Å². The van der Waals surface area contributed by atoms with Gasteiger partial charge in [0.05, 0.1) is 17.8 Å². The highest BCUT2D eigenvalue weighted by atomic mass is 16.6. The van der Waals surface area contributed by atoms with Gasteiger partial charge in [-0.3, -0.25) is 20.0 Å². The Morgan fingerprint density at radius 2 is 1.45 bits per heavy atom. The number of carbonyl (C=O) groups excluding carboxylic acids is 3. The number of nitrogens with one attached hydrogen (secondary N) is 2. The van der Waals surface area contributed by atoms with Gasteiger partial charge >= 0.3 is 6.09 Å². The predicted molar refractivity (Wildman–Crippen MR) is 110 cm³/mol. The molecule has 0 aliphatic carbocycles. The van der Waals surface area contributed by atoms with Crippen LogP contribution in [0.2, 0.25) is 0 Å². The molecule has 0 fully saturated rings. The molecule has 154 valence electrons. The summed E-state index contributed by atoms with van der Waals surface area (Å²) in [6.07, 6.45) is -1.19. The number of hydrogen-bond donors (Lipinski definition) is 3. The maximum Gasteiger partial charge on any atom is 0.408 e. The lowest BCUT2D eigenvalue weighted by Gasteiger charge is -2.28. The van der Waals surface area contributed by atoms with Crippen molar-refractivity contribution in [2.75, 3.05) is 5.01 Å². The molecule has 8 heteroatoms. The summed E-state index contributed by atoms with van der Waals surface area (Å²) in [4.78, 5) is 36.5. The summed E-state index contributed by atoms with van der Waals surface area (Å²) in [6, 6.07) is 17.1. The van der Waals surface area contributed by atoms with Crippen LogP contribution in [0, 0.1) is 0 Å². The van der Waals surface area contributed by atoms with E-state index >= 15 is 0 Å². The van der Waals surface area contributed by atoms with E-state index in [0.29, 0.717) is 11.4 Å². The van der Waals surface area contributed by atoms with Crippen molar-refractivity contribution in [2.45, 2.75) is 38.8 Å². The van der Waals surface area contributed by atoms with Crippen molar-refractivity contribution in [1.82, 2.24) is 10.7 Å². The van der Waals surface area contributed by atoms with Gasteiger partial charge in [0.2, 0.25) is 5.91 Å². The Morgan fingerprint density at radius 1 is 0.966 bits per heavy atom. The molecule has 4 N–H and O–H groups in total. The summed E-state index contributed by atoms with van der Waals surface area (Å²) in [5.41, 5.74) is 8.64. The van der Waals surface area contributed by atoms with Gasteiger partial charge in [-0.05, 0) is 45.0 Å². The molecule has 29 heavy (non-hydrogen) atoms. The van der Waals surface area contributed by atoms with Crippen LogP contribution < -0.4 is 21.5 Å². The predicted octanol–water partition coefficient (Wildman–Crippen LogP) is 2.62. The van der Waals surface area contributed by atoms with Gasteiger partial charge in [0.15, 0.2) is 0 Å². The molecule has 0 heterocycles. The zero-order chi connectivity index (χ0) is 21.4. The molecule has 0 aromatic heterocycles. The van der Waals surface area contributed by atoms with Gasteiger partial charge in [-0.2, -0.15) is 0 Å². The van der Waals surface area contributed by atoms with E-state index in [4.69, 9.17) is 10.5 Å². The molecule has 2 rings (SSSR count). The number of hydrazine groups is 1. The first-order valence-electron chi connectivity index (χ1n) is 9.14. The molecule has 0 bridgehead atoms. The number of hydrogen-bond acceptors (Lipinski definition) is 5. The normalized spacial score (nSPS) is 11.8. The molecule has 1 atom stereocenters. The molecule has 2 aromatic rings. The van der Waals surface area contributed by atoms with E-state index in [9.17, 15) is 14.4 Å². The van der Waals surface area contributed by atoms with E-state index in [1.807, 2.05) is 60.7 Å². The lowest BCUT2D eigenvalue weighted by atomic mass is 10.2. The number of ether oxygens (including phenoxy) is 1. The second-order valence-electron chi connectivity index (χ2n) is 7.35. The Hall–Kier alpha value is -3.55. The number of rotatable bonds is 7. The van der Waals surface area contributed by atoms with Gasteiger partial charge in [0.25, 0.3) is 5.91 Å². The van der Waals surface area contributed by atoms with Crippen LogP contribution in [0.5, 0.6) is 0 Å². The van der Waals surface area contributed by atoms with Crippen LogP contribution in [0.15, 0.2) is 60.7 Å². The van der Waals surface area contributed by atoms with E-state index in [0.717, 1.165) is 0 Å². The largest absolute Gasteiger partial charge is 0.444 e. The Labute approximate surface area is 170 Å². The molecule has 0 saturated carbocycles. The summed E-state index contributed by atoms with van der Waals surface area (Å²) >= 11 is 0. The molecule has 2 aromatic carbocycles. The fourth-order valence-corrected chi connectivity index (χ4v) is 2.48. The number of para-hydroxylation sites is 2. The van der Waals surface area contributed by atoms with E-state index in [2.05, 4.69) is 10.7 Å². The first kappa shape index (κ1) is 21.7. The molecule has 0 unspecified atom stereocenters. The maximum atomic E-state index is 12.9. The second-order valence-corrected chi connectivity index (χ2v) is 7.35. The van der Waals surface area contributed by atoms with Crippen molar-refractivity contribution in [1.29, 1.82) is 0 Å². The summed E-state index contributed by atoms with van der Waals surface area (Å²) in [5, 5.41) is 3.97. The summed E-state index contributed by atoms with van der Waals surface area (Å²) in [6.45, 7) is 5.09. The van der Waals surface area contributed by atoms with Crippen molar-refractivity contribution >= 4 is 29.3 Å². The smallest absolute Gasteiger partial charge is 0.408 e. The van der Waals surface area contributed by atoms with Crippen LogP contribution in [0.1, 0.15) is 27.2 Å². The van der Waals surface area contributed by atoms with E-state index < -0.39 is 29.6 Å². The molecule has 3 amide bonds. The minimum Gasteiger partial charge on any atom is -0.444 e. The Morgan fingerprint density at radius 3 is 1.86 bits per heavy atom. The van der Waals surface area contributed by atoms with E-state index in [1.54, 1.807) is 25.8 Å². The van der Waals surface area contributed by atoms with Crippen LogP contribution >= 0.6 is 0 Å². The van der Waals surface area contributed by atoms with Crippen molar-refractivity contribution in [2.24, 2.45) is 5.73 Å². The SMILES string of the molecule is CC(C)(C)OC(=O)N[C@@H](CC(N)=O)C(=O)NN(c1ccccc1)c1ccccc1. The van der Waals surface area contributed by atoms with Crippen LogP contribution in [-0.2, 0) is 14.3 Å². The van der Waals surface area contributed by atoms with Crippen molar-refractivity contribution in [3.8, 4) is 0 Å². The van der Waals surface area contributed by atoms with Crippen molar-refractivity contribution in [3.05, 3.63) is 60.7 Å². The molecule has 0 aliphatic rings. The molecule has 0 saturated heterocycles. The summed E-state index contributed by atoms with van der Waals surface area (Å²) in [5.74, 6) is -1.34. The highest BCUT2D eigenvalue weighted by Gasteiger charge is 2.27. The molecular weight excluding hydrogens is 372 g/mol. The summed E-state index contributed by atoms with van der Waals surface area (Å²) in [7, 11) is 0. The average Bonchev–Trinajstić information content (AvgIpc) is 2.65. The van der Waals surface area contributed by atoms with Crippen LogP contribution in [0.25, 0.3) is 0 Å². The van der Waals surface area contributed by atoms with Crippen molar-refractivity contribution in [3.63, 3.8) is 0 Å².